The minimum atomic E-state index is -0.0981. The molecule has 0 bridgehead atoms. The zero-order valence-electron chi connectivity index (χ0n) is 19.1. The number of nitrogens with one attached hydrogen (secondary N) is 1. The molecule has 0 aromatic heterocycles. The molecule has 174 valence electrons. The number of nitrogens with zero attached hydrogens (tertiary/aromatic N) is 1. The zero-order valence-corrected chi connectivity index (χ0v) is 19.1. The number of amides is 1. The van der Waals surface area contributed by atoms with Gasteiger partial charge in [-0.05, 0) is 98.4 Å². The van der Waals surface area contributed by atoms with E-state index < -0.39 is 0 Å². The number of fused-ring (bicyclic) bond motifs is 1. The predicted octanol–water partition coefficient (Wildman–Crippen LogP) is 4.45. The first-order valence-electron chi connectivity index (χ1n) is 12.3. The maximum absolute atomic E-state index is 12.7. The van der Waals surface area contributed by atoms with E-state index in [4.69, 9.17) is 0 Å². The molecule has 3 atom stereocenters. The van der Waals surface area contributed by atoms with Crippen LogP contribution in [0, 0.1) is 11.8 Å². The van der Waals surface area contributed by atoms with Gasteiger partial charge >= 0.3 is 0 Å². The number of carbonyl (C=O) groups excluding carboxylic acids is 1. The Labute approximate surface area is 196 Å². The molecule has 3 N–H and O–H groups in total. The molecular formula is C28H34N2O3. The lowest BCUT2D eigenvalue weighted by Gasteiger charge is -2.53. The van der Waals surface area contributed by atoms with Crippen LogP contribution >= 0.6 is 0 Å². The molecule has 3 aliphatic rings. The Morgan fingerprint density at radius 1 is 1.06 bits per heavy atom. The van der Waals surface area contributed by atoms with Crippen molar-refractivity contribution < 1.29 is 15.0 Å². The quantitative estimate of drug-likeness (QED) is 0.573. The Morgan fingerprint density at radius 2 is 1.85 bits per heavy atom. The Bertz CT molecular complexity index is 1030. The van der Waals surface area contributed by atoms with Crippen LogP contribution in [0.4, 0.5) is 0 Å². The second-order valence-corrected chi connectivity index (χ2v) is 10.3. The van der Waals surface area contributed by atoms with Gasteiger partial charge in [-0.15, -0.1) is 0 Å². The molecular weight excluding hydrogens is 412 g/mol. The van der Waals surface area contributed by atoms with Crippen LogP contribution in [0.3, 0.4) is 0 Å². The molecule has 5 rings (SSSR count). The van der Waals surface area contributed by atoms with Crippen molar-refractivity contribution >= 4 is 12.0 Å². The second-order valence-electron chi connectivity index (χ2n) is 10.3. The van der Waals surface area contributed by atoms with E-state index >= 15 is 0 Å². The lowest BCUT2D eigenvalue weighted by Crippen LogP contribution is -2.56. The highest BCUT2D eigenvalue weighted by Crippen LogP contribution is 2.50. The smallest absolute Gasteiger partial charge is 0.244 e. The van der Waals surface area contributed by atoms with Gasteiger partial charge in [-0.1, -0.05) is 24.3 Å². The third-order valence-electron chi connectivity index (χ3n) is 7.89. The van der Waals surface area contributed by atoms with Gasteiger partial charge in [0, 0.05) is 30.6 Å². The van der Waals surface area contributed by atoms with Gasteiger partial charge in [-0.2, -0.15) is 0 Å². The molecule has 1 amide bonds. The Balaban J connectivity index is 1.30. The molecule has 5 heteroatoms. The van der Waals surface area contributed by atoms with E-state index in [0.29, 0.717) is 11.7 Å². The maximum atomic E-state index is 12.7. The first-order chi connectivity index (χ1) is 16.0. The van der Waals surface area contributed by atoms with Crippen molar-refractivity contribution in [3.8, 4) is 11.5 Å². The summed E-state index contributed by atoms with van der Waals surface area (Å²) in [5.41, 5.74) is 2.00. The minimum Gasteiger partial charge on any atom is -0.508 e. The number of hydrogen-bond acceptors (Lipinski definition) is 4. The lowest BCUT2D eigenvalue weighted by atomic mass is 9.58. The van der Waals surface area contributed by atoms with Crippen molar-refractivity contribution in [2.75, 3.05) is 19.6 Å². The number of benzene rings is 2. The topological polar surface area (TPSA) is 72.8 Å². The molecule has 0 spiro atoms. The van der Waals surface area contributed by atoms with Gasteiger partial charge in [-0.3, -0.25) is 4.79 Å². The van der Waals surface area contributed by atoms with Crippen molar-refractivity contribution in [3.63, 3.8) is 0 Å². The third-order valence-corrected chi connectivity index (χ3v) is 7.89. The van der Waals surface area contributed by atoms with Crippen LogP contribution in [0.15, 0.2) is 54.6 Å². The molecule has 3 fully saturated rings. The fourth-order valence-electron chi connectivity index (χ4n) is 6.04. The van der Waals surface area contributed by atoms with Gasteiger partial charge in [0.1, 0.15) is 11.5 Å². The van der Waals surface area contributed by atoms with E-state index in [1.165, 1.54) is 24.9 Å². The second kappa shape index (κ2) is 9.22. The van der Waals surface area contributed by atoms with E-state index in [2.05, 4.69) is 16.3 Å². The van der Waals surface area contributed by atoms with Gasteiger partial charge in [0.15, 0.2) is 0 Å². The molecule has 33 heavy (non-hydrogen) atoms. The summed E-state index contributed by atoms with van der Waals surface area (Å²) in [7, 11) is 0. The third kappa shape index (κ3) is 5.09. The Morgan fingerprint density at radius 3 is 2.61 bits per heavy atom. The largest absolute Gasteiger partial charge is 0.508 e. The van der Waals surface area contributed by atoms with Crippen LogP contribution < -0.4 is 5.32 Å². The molecule has 0 radical (unpaired) electrons. The summed E-state index contributed by atoms with van der Waals surface area (Å²) in [6.45, 7) is 3.43. The first kappa shape index (κ1) is 22.0. The Hall–Kier alpha value is -2.79. The minimum absolute atomic E-state index is 0.01000. The molecule has 1 saturated heterocycles. The number of hydrogen-bond donors (Lipinski definition) is 3. The number of likely N-dealkylation sites (tertiary alicyclic amines) is 1. The number of phenols is 2. The van der Waals surface area contributed by atoms with Crippen LogP contribution in [0.1, 0.15) is 49.7 Å². The number of rotatable bonds is 6. The fourth-order valence-corrected chi connectivity index (χ4v) is 6.04. The Kier molecular flexibility index (Phi) is 6.15. The number of carbonyl (C=O) groups is 1. The summed E-state index contributed by atoms with van der Waals surface area (Å²) in [6.07, 6.45) is 10.1. The average Bonchev–Trinajstić information content (AvgIpc) is 3.62. The van der Waals surface area contributed by atoms with Gasteiger partial charge < -0.3 is 20.4 Å². The summed E-state index contributed by atoms with van der Waals surface area (Å²) in [4.78, 5) is 15.3. The number of piperidine rings is 1. The van der Waals surface area contributed by atoms with Crippen LogP contribution in [0.25, 0.3) is 6.08 Å². The highest BCUT2D eigenvalue weighted by Gasteiger charge is 2.48. The lowest BCUT2D eigenvalue weighted by molar-refractivity contribution is -0.117. The predicted molar refractivity (Wildman–Crippen MR) is 130 cm³/mol. The van der Waals surface area contributed by atoms with Crippen LogP contribution in [0.2, 0.25) is 0 Å². The summed E-state index contributed by atoms with van der Waals surface area (Å²) < 4.78 is 0. The van der Waals surface area contributed by atoms with Crippen molar-refractivity contribution in [2.45, 2.75) is 50.0 Å². The molecule has 2 aromatic carbocycles. The van der Waals surface area contributed by atoms with Crippen LogP contribution in [0.5, 0.6) is 11.5 Å². The molecule has 1 heterocycles. The average molecular weight is 447 g/mol. The van der Waals surface area contributed by atoms with Gasteiger partial charge in [0.05, 0.1) is 0 Å². The number of aromatic hydroxyl groups is 2. The van der Waals surface area contributed by atoms with E-state index in [9.17, 15) is 15.0 Å². The van der Waals surface area contributed by atoms with Crippen molar-refractivity contribution in [2.24, 2.45) is 11.8 Å². The molecule has 1 aliphatic heterocycles. The zero-order chi connectivity index (χ0) is 22.8. The molecule has 5 nitrogen and oxygen atoms in total. The molecule has 2 saturated carbocycles. The van der Waals surface area contributed by atoms with E-state index in [1.807, 2.05) is 18.2 Å². The summed E-state index contributed by atoms with van der Waals surface area (Å²) >= 11 is 0. The van der Waals surface area contributed by atoms with Gasteiger partial charge in [0.2, 0.25) is 5.91 Å². The van der Waals surface area contributed by atoms with Gasteiger partial charge in [0.25, 0.3) is 0 Å². The molecule has 3 unspecified atom stereocenters. The van der Waals surface area contributed by atoms with Crippen molar-refractivity contribution in [1.29, 1.82) is 0 Å². The van der Waals surface area contributed by atoms with Crippen LogP contribution in [-0.4, -0.2) is 46.7 Å². The highest BCUT2D eigenvalue weighted by molar-refractivity contribution is 5.92. The van der Waals surface area contributed by atoms with E-state index in [1.54, 1.807) is 36.4 Å². The van der Waals surface area contributed by atoms with Crippen LogP contribution in [-0.2, 0) is 10.2 Å². The summed E-state index contributed by atoms with van der Waals surface area (Å²) in [5.74, 6) is 1.85. The first-order valence-corrected chi connectivity index (χ1v) is 12.3. The summed E-state index contributed by atoms with van der Waals surface area (Å²) in [6, 6.07) is 14.8. The monoisotopic (exact) mass is 446 g/mol. The highest BCUT2D eigenvalue weighted by atomic mass is 16.3. The van der Waals surface area contributed by atoms with Crippen molar-refractivity contribution in [1.82, 2.24) is 10.2 Å². The van der Waals surface area contributed by atoms with E-state index in [0.717, 1.165) is 50.3 Å². The maximum Gasteiger partial charge on any atom is 0.244 e. The molecule has 2 aromatic rings. The fraction of sp³-hybridized carbons (Fsp3) is 0.464. The number of phenolic OH excluding ortho intramolecular Hbond substituents is 2. The summed E-state index contributed by atoms with van der Waals surface area (Å²) in [5, 5.41) is 23.1. The normalized spacial score (nSPS) is 27.9. The van der Waals surface area contributed by atoms with Gasteiger partial charge in [-0.25, -0.2) is 0 Å². The van der Waals surface area contributed by atoms with Crippen molar-refractivity contribution in [3.05, 3.63) is 65.7 Å². The molecule has 2 aliphatic carbocycles. The van der Waals surface area contributed by atoms with E-state index in [-0.39, 0.29) is 23.1 Å². The SMILES string of the molecule is O=C(/C=C/c1cccc(O)c1)NC1CCC2CN(CC3CC3)CCC2(c2cccc(O)c2)C1. The standard InChI is InChI=1S/C28H34N2O3/c31-25-5-1-3-20(15-25)9-12-27(33)29-24-11-10-23-19-30(18-21-7-8-21)14-13-28(23,17-24)22-4-2-6-26(32)16-22/h1-6,9,12,15-16,21,23-24,31-32H,7-8,10-11,13-14,17-19H2,(H,29,33)/b12-9+.